The Balaban J connectivity index is 2.52. The van der Waals surface area contributed by atoms with E-state index in [2.05, 4.69) is 32.9 Å². The Bertz CT molecular complexity index is 379. The van der Waals surface area contributed by atoms with Crippen LogP contribution in [0.2, 0.25) is 0 Å². The minimum absolute atomic E-state index is 0.161. The van der Waals surface area contributed by atoms with Gasteiger partial charge in [0.2, 0.25) is 0 Å². The van der Waals surface area contributed by atoms with Crippen molar-refractivity contribution in [3.05, 3.63) is 29.8 Å². The normalized spacial score (nSPS) is 11.8. The molecule has 120 valence electrons. The number of benzene rings is 1. The summed E-state index contributed by atoms with van der Waals surface area (Å²) in [4.78, 5) is 0. The second-order valence-corrected chi connectivity index (χ2v) is 6.38. The molecule has 1 aromatic carbocycles. The molecule has 0 aromatic heterocycles. The minimum atomic E-state index is 0.161. The van der Waals surface area contributed by atoms with Gasteiger partial charge in [0.25, 0.3) is 0 Å². The van der Waals surface area contributed by atoms with Gasteiger partial charge < -0.3 is 5.11 Å². The Morgan fingerprint density at radius 3 is 1.95 bits per heavy atom. The molecule has 1 heteroatoms. The third-order valence-corrected chi connectivity index (χ3v) is 5.09. The Labute approximate surface area is 131 Å². The van der Waals surface area contributed by atoms with Crippen LogP contribution in [-0.4, -0.2) is 5.11 Å². The van der Waals surface area contributed by atoms with Crippen LogP contribution in [0.1, 0.15) is 90.5 Å². The zero-order valence-electron chi connectivity index (χ0n) is 14.3. The van der Waals surface area contributed by atoms with Crippen LogP contribution in [0, 0.1) is 0 Å². The molecule has 0 heterocycles. The maximum Gasteiger partial charge on any atom is 0.119 e. The van der Waals surface area contributed by atoms with Crippen LogP contribution in [0.3, 0.4) is 0 Å². The van der Waals surface area contributed by atoms with Gasteiger partial charge in [0.1, 0.15) is 5.75 Å². The monoisotopic (exact) mass is 290 g/mol. The number of phenols is 1. The number of phenolic OH excluding ortho intramolecular Hbond substituents is 1. The molecule has 0 atom stereocenters. The highest BCUT2D eigenvalue weighted by Crippen LogP contribution is 2.41. The molecule has 0 saturated heterocycles. The lowest BCUT2D eigenvalue weighted by Crippen LogP contribution is -2.24. The molecule has 0 aliphatic carbocycles. The predicted molar refractivity (Wildman–Crippen MR) is 93.0 cm³/mol. The molecule has 1 nitrogen and oxygen atoms in total. The third kappa shape index (κ3) is 5.37. The third-order valence-electron chi connectivity index (χ3n) is 5.09. The number of hydrogen-bond donors (Lipinski definition) is 1. The quantitative estimate of drug-likeness (QED) is 0.456. The van der Waals surface area contributed by atoms with Crippen LogP contribution >= 0.6 is 0 Å². The molecule has 0 amide bonds. The lowest BCUT2D eigenvalue weighted by molar-refractivity contribution is 0.331. The molecule has 21 heavy (non-hydrogen) atoms. The molecule has 0 aliphatic heterocycles. The van der Waals surface area contributed by atoms with E-state index in [1.807, 2.05) is 12.1 Å². The summed E-state index contributed by atoms with van der Waals surface area (Å²) in [6.07, 6.45) is 12.9. The maximum absolute atomic E-state index is 10.2. The van der Waals surface area contributed by atoms with E-state index in [-0.39, 0.29) is 5.41 Å². The van der Waals surface area contributed by atoms with E-state index in [1.54, 1.807) is 0 Å². The lowest BCUT2D eigenvalue weighted by atomic mass is 9.72. The van der Waals surface area contributed by atoms with E-state index in [0.717, 1.165) is 18.4 Å². The average Bonchev–Trinajstić information content (AvgIpc) is 2.52. The Morgan fingerprint density at radius 1 is 0.810 bits per heavy atom. The summed E-state index contributed by atoms with van der Waals surface area (Å²) in [7, 11) is 0. The van der Waals surface area contributed by atoms with Crippen LogP contribution < -0.4 is 0 Å². The van der Waals surface area contributed by atoms with Crippen molar-refractivity contribution in [1.82, 2.24) is 0 Å². The zero-order valence-corrected chi connectivity index (χ0v) is 14.3. The van der Waals surface area contributed by atoms with E-state index in [4.69, 9.17) is 0 Å². The van der Waals surface area contributed by atoms with Gasteiger partial charge in [0, 0.05) is 5.56 Å². The van der Waals surface area contributed by atoms with Crippen LogP contribution in [-0.2, 0) is 5.41 Å². The van der Waals surface area contributed by atoms with Gasteiger partial charge in [-0.3, -0.25) is 0 Å². The first-order valence-corrected chi connectivity index (χ1v) is 8.98. The van der Waals surface area contributed by atoms with Gasteiger partial charge >= 0.3 is 0 Å². The van der Waals surface area contributed by atoms with Crippen LogP contribution in [0.15, 0.2) is 24.3 Å². The van der Waals surface area contributed by atoms with Crippen molar-refractivity contribution in [2.24, 2.45) is 0 Å². The summed E-state index contributed by atoms with van der Waals surface area (Å²) in [6, 6.07) is 7.92. The second-order valence-electron chi connectivity index (χ2n) is 6.38. The van der Waals surface area contributed by atoms with Crippen molar-refractivity contribution >= 4 is 0 Å². The zero-order chi connectivity index (χ0) is 15.6. The molecular formula is C20H34O. The number of para-hydroxylation sites is 1. The molecule has 0 unspecified atom stereocenters. The number of hydrogen-bond acceptors (Lipinski definition) is 1. The van der Waals surface area contributed by atoms with E-state index in [1.165, 1.54) is 51.4 Å². The summed E-state index contributed by atoms with van der Waals surface area (Å²) in [5, 5.41) is 10.2. The number of rotatable bonds is 11. The summed E-state index contributed by atoms with van der Waals surface area (Å²) in [5.74, 6) is 0.476. The first-order valence-electron chi connectivity index (χ1n) is 8.98. The van der Waals surface area contributed by atoms with E-state index in [0.29, 0.717) is 5.75 Å². The van der Waals surface area contributed by atoms with E-state index >= 15 is 0 Å². The summed E-state index contributed by atoms with van der Waals surface area (Å²) < 4.78 is 0. The lowest BCUT2D eigenvalue weighted by Gasteiger charge is -2.33. The molecule has 0 saturated carbocycles. The standard InChI is InChI=1S/C20H34O/c1-4-7-8-9-10-11-14-17-20(5-2,6-3)18-15-12-13-16-19(18)21/h12-13,15-16,21H,4-11,14,17H2,1-3H3. The fraction of sp³-hybridized carbons (Fsp3) is 0.700. The fourth-order valence-electron chi connectivity index (χ4n) is 3.46. The second kappa shape index (κ2) is 9.87. The fourth-order valence-corrected chi connectivity index (χ4v) is 3.46. The van der Waals surface area contributed by atoms with Crippen LogP contribution in [0.5, 0.6) is 5.75 Å². The van der Waals surface area contributed by atoms with Crippen molar-refractivity contribution in [2.75, 3.05) is 0 Å². The first-order chi connectivity index (χ1) is 10.2. The largest absolute Gasteiger partial charge is 0.508 e. The maximum atomic E-state index is 10.2. The van der Waals surface area contributed by atoms with Crippen molar-refractivity contribution in [3.8, 4) is 5.75 Å². The minimum Gasteiger partial charge on any atom is -0.508 e. The predicted octanol–water partition coefficient (Wildman–Crippen LogP) is 6.59. The summed E-state index contributed by atoms with van der Waals surface area (Å²) in [5.41, 5.74) is 1.32. The Morgan fingerprint density at radius 2 is 1.38 bits per heavy atom. The molecule has 0 fully saturated rings. The molecule has 0 spiro atoms. The van der Waals surface area contributed by atoms with Gasteiger partial charge in [-0.1, -0.05) is 83.9 Å². The summed E-state index contributed by atoms with van der Waals surface area (Å²) >= 11 is 0. The molecular weight excluding hydrogens is 256 g/mol. The highest BCUT2D eigenvalue weighted by Gasteiger charge is 2.29. The smallest absolute Gasteiger partial charge is 0.119 e. The molecule has 1 N–H and O–H groups in total. The SMILES string of the molecule is CCCCCCCCCC(CC)(CC)c1ccccc1O. The van der Waals surface area contributed by atoms with Crippen molar-refractivity contribution in [2.45, 2.75) is 90.4 Å². The summed E-state index contributed by atoms with van der Waals surface area (Å²) in [6.45, 7) is 6.79. The highest BCUT2D eigenvalue weighted by atomic mass is 16.3. The van der Waals surface area contributed by atoms with E-state index < -0.39 is 0 Å². The van der Waals surface area contributed by atoms with E-state index in [9.17, 15) is 5.11 Å². The first kappa shape index (κ1) is 18.1. The number of aromatic hydroxyl groups is 1. The highest BCUT2D eigenvalue weighted by molar-refractivity contribution is 5.38. The molecule has 0 aliphatic rings. The van der Waals surface area contributed by atoms with Crippen molar-refractivity contribution in [3.63, 3.8) is 0 Å². The molecule has 1 rings (SSSR count). The van der Waals surface area contributed by atoms with Gasteiger partial charge in [0.05, 0.1) is 0 Å². The van der Waals surface area contributed by atoms with Crippen LogP contribution in [0.25, 0.3) is 0 Å². The van der Waals surface area contributed by atoms with Crippen molar-refractivity contribution in [1.29, 1.82) is 0 Å². The Kier molecular flexibility index (Phi) is 8.49. The van der Waals surface area contributed by atoms with Crippen LogP contribution in [0.4, 0.5) is 0 Å². The molecule has 0 bridgehead atoms. The number of unbranched alkanes of at least 4 members (excludes halogenated alkanes) is 6. The average molecular weight is 290 g/mol. The van der Waals surface area contributed by atoms with Gasteiger partial charge in [-0.05, 0) is 30.7 Å². The van der Waals surface area contributed by atoms with Gasteiger partial charge in [-0.25, -0.2) is 0 Å². The molecule has 0 radical (unpaired) electrons. The van der Waals surface area contributed by atoms with Crippen molar-refractivity contribution < 1.29 is 5.11 Å². The van der Waals surface area contributed by atoms with Gasteiger partial charge in [0.15, 0.2) is 0 Å². The van der Waals surface area contributed by atoms with Gasteiger partial charge in [-0.2, -0.15) is 0 Å². The topological polar surface area (TPSA) is 20.2 Å². The van der Waals surface area contributed by atoms with Gasteiger partial charge in [-0.15, -0.1) is 0 Å². The Hall–Kier alpha value is -0.980. The molecule has 1 aromatic rings.